The van der Waals surface area contributed by atoms with Crippen LogP contribution in [-0.2, 0) is 11.3 Å². The summed E-state index contributed by atoms with van der Waals surface area (Å²) in [7, 11) is 0. The summed E-state index contributed by atoms with van der Waals surface area (Å²) in [4.78, 5) is 11.6. The molecule has 0 saturated carbocycles. The number of carbonyl (C=O) groups is 1. The second-order valence-corrected chi connectivity index (χ2v) is 6.08. The average molecular weight is 357 g/mol. The second-order valence-electron chi connectivity index (χ2n) is 5.23. The van der Waals surface area contributed by atoms with Crippen LogP contribution in [0.3, 0.4) is 0 Å². The van der Waals surface area contributed by atoms with Crippen molar-refractivity contribution in [2.24, 2.45) is 0 Å². The minimum absolute atomic E-state index is 0.0164. The topological polar surface area (TPSA) is 50.4 Å². The molecule has 4 nitrogen and oxygen atoms in total. The fourth-order valence-corrected chi connectivity index (χ4v) is 2.42. The highest BCUT2D eigenvalue weighted by atomic mass is 79.9. The SMILES string of the molecule is CCCNCc1cccc(Br)c1OCCC(=O)NC(C)C. The average Bonchev–Trinajstić information content (AvgIpc) is 2.41. The van der Waals surface area contributed by atoms with Crippen LogP contribution in [0.5, 0.6) is 5.75 Å². The van der Waals surface area contributed by atoms with Gasteiger partial charge in [-0.2, -0.15) is 0 Å². The Morgan fingerprint density at radius 1 is 1.38 bits per heavy atom. The number of rotatable bonds is 9. The third kappa shape index (κ3) is 6.96. The standard InChI is InChI=1S/C16H25BrN2O2/c1-4-9-18-11-13-6-5-7-14(17)16(13)21-10-8-15(20)19-12(2)3/h5-7,12,18H,4,8-11H2,1-3H3,(H,19,20). The summed E-state index contributed by atoms with van der Waals surface area (Å²) < 4.78 is 6.72. The molecule has 2 N–H and O–H groups in total. The van der Waals surface area contributed by atoms with Crippen LogP contribution in [0.2, 0.25) is 0 Å². The van der Waals surface area contributed by atoms with Gasteiger partial charge in [-0.25, -0.2) is 0 Å². The van der Waals surface area contributed by atoms with E-state index in [4.69, 9.17) is 4.74 Å². The molecule has 0 aliphatic heterocycles. The Bertz CT molecular complexity index is 450. The normalized spacial score (nSPS) is 10.7. The van der Waals surface area contributed by atoms with Crippen molar-refractivity contribution in [2.75, 3.05) is 13.2 Å². The Morgan fingerprint density at radius 3 is 2.81 bits per heavy atom. The lowest BCUT2D eigenvalue weighted by molar-refractivity contribution is -0.122. The number of nitrogens with one attached hydrogen (secondary N) is 2. The van der Waals surface area contributed by atoms with Crippen molar-refractivity contribution in [3.63, 3.8) is 0 Å². The zero-order valence-electron chi connectivity index (χ0n) is 13.0. The lowest BCUT2D eigenvalue weighted by atomic mass is 10.2. The maximum atomic E-state index is 11.6. The molecule has 0 bridgehead atoms. The fourth-order valence-electron chi connectivity index (χ4n) is 1.89. The maximum absolute atomic E-state index is 11.6. The lowest BCUT2D eigenvalue weighted by Crippen LogP contribution is -2.31. The maximum Gasteiger partial charge on any atom is 0.223 e. The van der Waals surface area contributed by atoms with Crippen molar-refractivity contribution >= 4 is 21.8 Å². The predicted molar refractivity (Wildman–Crippen MR) is 89.5 cm³/mol. The van der Waals surface area contributed by atoms with Crippen molar-refractivity contribution in [3.8, 4) is 5.75 Å². The van der Waals surface area contributed by atoms with Gasteiger partial charge in [-0.15, -0.1) is 0 Å². The minimum atomic E-state index is 0.0164. The molecular weight excluding hydrogens is 332 g/mol. The van der Waals surface area contributed by atoms with Crippen LogP contribution in [0.25, 0.3) is 0 Å². The Balaban J connectivity index is 2.54. The van der Waals surface area contributed by atoms with Crippen molar-refractivity contribution in [1.82, 2.24) is 10.6 Å². The number of para-hydroxylation sites is 1. The van der Waals surface area contributed by atoms with Crippen LogP contribution in [0.4, 0.5) is 0 Å². The Morgan fingerprint density at radius 2 is 2.14 bits per heavy atom. The first-order chi connectivity index (χ1) is 10.0. The summed E-state index contributed by atoms with van der Waals surface area (Å²) >= 11 is 3.51. The molecule has 0 radical (unpaired) electrons. The lowest BCUT2D eigenvalue weighted by Gasteiger charge is -2.14. The molecule has 0 spiro atoms. The van der Waals surface area contributed by atoms with Crippen LogP contribution < -0.4 is 15.4 Å². The molecule has 0 saturated heterocycles. The molecule has 1 aromatic carbocycles. The number of ether oxygens (including phenoxy) is 1. The van der Waals surface area contributed by atoms with Crippen molar-refractivity contribution < 1.29 is 9.53 Å². The van der Waals surface area contributed by atoms with Gasteiger partial charge in [0.1, 0.15) is 5.75 Å². The third-order valence-electron chi connectivity index (χ3n) is 2.82. The summed E-state index contributed by atoms with van der Waals surface area (Å²) in [6.45, 7) is 8.15. The molecule has 5 heteroatoms. The molecule has 0 unspecified atom stereocenters. The smallest absolute Gasteiger partial charge is 0.223 e. The van der Waals surface area contributed by atoms with Gasteiger partial charge in [0.2, 0.25) is 5.91 Å². The van der Waals surface area contributed by atoms with Gasteiger partial charge in [0.05, 0.1) is 17.5 Å². The van der Waals surface area contributed by atoms with Crippen LogP contribution in [0.15, 0.2) is 22.7 Å². The van der Waals surface area contributed by atoms with Gasteiger partial charge < -0.3 is 15.4 Å². The molecular formula is C16H25BrN2O2. The second kappa shape index (κ2) is 9.79. The van der Waals surface area contributed by atoms with Crippen LogP contribution >= 0.6 is 15.9 Å². The molecule has 1 amide bonds. The first-order valence-electron chi connectivity index (χ1n) is 7.44. The zero-order valence-corrected chi connectivity index (χ0v) is 14.6. The first-order valence-corrected chi connectivity index (χ1v) is 8.24. The fraction of sp³-hybridized carbons (Fsp3) is 0.562. The number of benzene rings is 1. The first kappa shape index (κ1) is 18.0. The number of halogens is 1. The van der Waals surface area contributed by atoms with Crippen LogP contribution in [0, 0.1) is 0 Å². The summed E-state index contributed by atoms with van der Waals surface area (Å²) in [6, 6.07) is 6.14. The molecule has 1 aromatic rings. The predicted octanol–water partition coefficient (Wildman–Crippen LogP) is 3.24. The summed E-state index contributed by atoms with van der Waals surface area (Å²) in [5.74, 6) is 0.834. The quantitative estimate of drug-likeness (QED) is 0.667. The summed E-state index contributed by atoms with van der Waals surface area (Å²) in [6.07, 6.45) is 1.46. The molecule has 21 heavy (non-hydrogen) atoms. The Hall–Kier alpha value is -1.07. The molecule has 118 valence electrons. The molecule has 0 aliphatic carbocycles. The van der Waals surface area contributed by atoms with Gasteiger partial charge >= 0.3 is 0 Å². The minimum Gasteiger partial charge on any atom is -0.492 e. The monoisotopic (exact) mass is 356 g/mol. The third-order valence-corrected chi connectivity index (χ3v) is 3.44. The van der Waals surface area contributed by atoms with E-state index >= 15 is 0 Å². The van der Waals surface area contributed by atoms with Crippen molar-refractivity contribution in [2.45, 2.75) is 46.2 Å². The molecule has 0 aromatic heterocycles. The van der Waals surface area contributed by atoms with E-state index in [0.29, 0.717) is 13.0 Å². The van der Waals surface area contributed by atoms with Crippen LogP contribution in [-0.4, -0.2) is 25.1 Å². The zero-order chi connectivity index (χ0) is 15.7. The van der Waals surface area contributed by atoms with E-state index in [-0.39, 0.29) is 11.9 Å². The van der Waals surface area contributed by atoms with E-state index in [1.807, 2.05) is 32.0 Å². The number of carbonyl (C=O) groups excluding carboxylic acids is 1. The Labute approximate surface area is 135 Å². The van der Waals surface area contributed by atoms with Crippen molar-refractivity contribution in [1.29, 1.82) is 0 Å². The van der Waals surface area contributed by atoms with Gasteiger partial charge in [0.15, 0.2) is 0 Å². The van der Waals surface area contributed by atoms with E-state index in [1.165, 1.54) is 0 Å². The molecule has 0 fully saturated rings. The van der Waals surface area contributed by atoms with E-state index in [9.17, 15) is 4.79 Å². The number of hydrogen-bond acceptors (Lipinski definition) is 3. The van der Waals surface area contributed by atoms with E-state index in [2.05, 4.69) is 33.5 Å². The highest BCUT2D eigenvalue weighted by Crippen LogP contribution is 2.29. The molecule has 0 atom stereocenters. The van der Waals surface area contributed by atoms with E-state index in [1.54, 1.807) is 0 Å². The van der Waals surface area contributed by atoms with Gasteiger partial charge in [-0.05, 0) is 48.8 Å². The highest BCUT2D eigenvalue weighted by Gasteiger charge is 2.09. The molecule has 1 rings (SSSR count). The van der Waals surface area contributed by atoms with E-state index < -0.39 is 0 Å². The largest absolute Gasteiger partial charge is 0.492 e. The van der Waals surface area contributed by atoms with Gasteiger partial charge in [0, 0.05) is 18.2 Å². The molecule has 0 heterocycles. The van der Waals surface area contributed by atoms with E-state index in [0.717, 1.165) is 35.3 Å². The van der Waals surface area contributed by atoms with Crippen molar-refractivity contribution in [3.05, 3.63) is 28.2 Å². The number of hydrogen-bond donors (Lipinski definition) is 2. The van der Waals surface area contributed by atoms with Gasteiger partial charge in [0.25, 0.3) is 0 Å². The highest BCUT2D eigenvalue weighted by molar-refractivity contribution is 9.10. The van der Waals surface area contributed by atoms with Gasteiger partial charge in [-0.3, -0.25) is 4.79 Å². The van der Waals surface area contributed by atoms with Crippen LogP contribution in [0.1, 0.15) is 39.2 Å². The summed E-state index contributed by atoms with van der Waals surface area (Å²) in [5.41, 5.74) is 1.10. The van der Waals surface area contributed by atoms with Gasteiger partial charge in [-0.1, -0.05) is 19.1 Å². The summed E-state index contributed by atoms with van der Waals surface area (Å²) in [5, 5.41) is 6.22. The Kier molecular flexibility index (Phi) is 8.38. The molecule has 0 aliphatic rings. The number of amides is 1.